The van der Waals surface area contributed by atoms with Gasteiger partial charge in [-0.3, -0.25) is 0 Å². The Morgan fingerprint density at radius 1 is 1.24 bits per heavy atom. The molecule has 1 heterocycles. The van der Waals surface area contributed by atoms with Crippen LogP contribution in [0.2, 0.25) is 0 Å². The number of benzene rings is 1. The molecule has 0 unspecified atom stereocenters. The maximum absolute atomic E-state index is 13.7. The molecule has 0 radical (unpaired) electrons. The van der Waals surface area contributed by atoms with Gasteiger partial charge in [-0.1, -0.05) is 6.07 Å². The van der Waals surface area contributed by atoms with E-state index in [9.17, 15) is 13.2 Å². The van der Waals surface area contributed by atoms with Gasteiger partial charge in [0.25, 0.3) is 5.88 Å². The quantitative estimate of drug-likeness (QED) is 0.935. The highest BCUT2D eigenvalue weighted by molar-refractivity contribution is 5.47. The number of halogens is 3. The molecule has 2 aromatic rings. The van der Waals surface area contributed by atoms with E-state index in [1.807, 2.05) is 0 Å². The Balaban J connectivity index is 2.43. The number of aromatic nitrogens is 1. The molecule has 4 nitrogen and oxygen atoms in total. The third-order valence-corrected chi connectivity index (χ3v) is 2.54. The second-order valence-electron chi connectivity index (χ2n) is 3.96. The maximum atomic E-state index is 13.7. The summed E-state index contributed by atoms with van der Waals surface area (Å²) in [5.74, 6) is -3.66. The number of hydrogen-bond acceptors (Lipinski definition) is 4. The highest BCUT2D eigenvalue weighted by atomic mass is 19.1. The standard InChI is InChI=1S/C14H10F3N3O/c1-2-19-13-10(16)6-11(17)14(20-13)21-12-5-3-4-9(15)8(12)7-18/h3-6H,2H2,1H3,(H,19,20). The summed E-state index contributed by atoms with van der Waals surface area (Å²) in [6, 6.07) is 5.89. The van der Waals surface area contributed by atoms with Gasteiger partial charge < -0.3 is 10.1 Å². The predicted molar refractivity (Wildman–Crippen MR) is 69.5 cm³/mol. The van der Waals surface area contributed by atoms with Crippen molar-refractivity contribution < 1.29 is 17.9 Å². The minimum atomic E-state index is -1.05. The lowest BCUT2D eigenvalue weighted by molar-refractivity contribution is 0.414. The van der Waals surface area contributed by atoms with Gasteiger partial charge in [0.05, 0.1) is 0 Å². The van der Waals surface area contributed by atoms with Crippen LogP contribution in [0.25, 0.3) is 0 Å². The Morgan fingerprint density at radius 2 is 2.00 bits per heavy atom. The Bertz CT molecular complexity index is 713. The lowest BCUT2D eigenvalue weighted by atomic mass is 10.2. The molecule has 0 aliphatic heterocycles. The summed E-state index contributed by atoms with van der Waals surface area (Å²) in [6.07, 6.45) is 0. The average Bonchev–Trinajstić information content (AvgIpc) is 2.44. The van der Waals surface area contributed by atoms with Gasteiger partial charge in [-0.25, -0.2) is 13.2 Å². The highest BCUT2D eigenvalue weighted by Crippen LogP contribution is 2.29. The molecular weight excluding hydrogens is 283 g/mol. The molecule has 7 heteroatoms. The Kier molecular flexibility index (Phi) is 4.28. The number of rotatable bonds is 4. The fourth-order valence-corrected chi connectivity index (χ4v) is 1.61. The van der Waals surface area contributed by atoms with Crippen LogP contribution in [0.3, 0.4) is 0 Å². The molecule has 0 aliphatic rings. The number of nitriles is 1. The van der Waals surface area contributed by atoms with E-state index in [0.717, 1.165) is 6.07 Å². The summed E-state index contributed by atoms with van der Waals surface area (Å²) in [4.78, 5) is 3.65. The topological polar surface area (TPSA) is 57.9 Å². The second-order valence-corrected chi connectivity index (χ2v) is 3.96. The van der Waals surface area contributed by atoms with Crippen molar-refractivity contribution in [3.63, 3.8) is 0 Å². The van der Waals surface area contributed by atoms with Gasteiger partial charge in [0.15, 0.2) is 17.5 Å². The van der Waals surface area contributed by atoms with Crippen LogP contribution < -0.4 is 10.1 Å². The Morgan fingerprint density at radius 3 is 2.67 bits per heavy atom. The lowest BCUT2D eigenvalue weighted by Gasteiger charge is -2.10. The minimum absolute atomic E-state index is 0.191. The first-order valence-corrected chi connectivity index (χ1v) is 6.03. The van der Waals surface area contributed by atoms with E-state index < -0.39 is 23.3 Å². The summed E-state index contributed by atoms with van der Waals surface area (Å²) in [5, 5.41) is 11.5. The first-order valence-electron chi connectivity index (χ1n) is 6.03. The molecule has 0 spiro atoms. The van der Waals surface area contributed by atoms with Gasteiger partial charge in [0, 0.05) is 12.6 Å². The number of ether oxygens (including phenoxy) is 1. The van der Waals surface area contributed by atoms with E-state index in [1.54, 1.807) is 13.0 Å². The fraction of sp³-hybridized carbons (Fsp3) is 0.143. The van der Waals surface area contributed by atoms with Gasteiger partial charge in [-0.15, -0.1) is 0 Å². The van der Waals surface area contributed by atoms with E-state index in [2.05, 4.69) is 10.3 Å². The predicted octanol–water partition coefficient (Wildman–Crippen LogP) is 3.59. The molecule has 108 valence electrons. The molecule has 1 N–H and O–H groups in total. The van der Waals surface area contributed by atoms with Crippen LogP contribution >= 0.6 is 0 Å². The molecule has 1 aromatic carbocycles. The number of pyridine rings is 1. The van der Waals surface area contributed by atoms with Crippen LogP contribution in [0.15, 0.2) is 24.3 Å². The molecule has 0 bridgehead atoms. The fourth-order valence-electron chi connectivity index (χ4n) is 1.61. The summed E-state index contributed by atoms with van der Waals surface area (Å²) in [5.41, 5.74) is -0.381. The van der Waals surface area contributed by atoms with Crippen LogP contribution in [0.4, 0.5) is 19.0 Å². The van der Waals surface area contributed by atoms with Crippen LogP contribution in [0.1, 0.15) is 12.5 Å². The number of anilines is 1. The molecule has 0 saturated heterocycles. The van der Waals surface area contributed by atoms with Gasteiger partial charge in [0.2, 0.25) is 0 Å². The Hall–Kier alpha value is -2.75. The molecule has 0 amide bonds. The first kappa shape index (κ1) is 14.7. The van der Waals surface area contributed by atoms with Gasteiger partial charge in [0.1, 0.15) is 23.2 Å². The van der Waals surface area contributed by atoms with E-state index in [0.29, 0.717) is 12.6 Å². The molecule has 0 atom stereocenters. The molecule has 2 rings (SSSR count). The zero-order valence-electron chi connectivity index (χ0n) is 11.0. The van der Waals surface area contributed by atoms with E-state index in [1.165, 1.54) is 12.1 Å². The highest BCUT2D eigenvalue weighted by Gasteiger charge is 2.16. The molecule has 1 aromatic heterocycles. The van der Waals surface area contributed by atoms with Gasteiger partial charge >= 0.3 is 0 Å². The van der Waals surface area contributed by atoms with Crippen molar-refractivity contribution >= 4 is 5.82 Å². The number of nitrogens with zero attached hydrogens (tertiary/aromatic N) is 2. The number of hydrogen-bond donors (Lipinski definition) is 1. The maximum Gasteiger partial charge on any atom is 0.258 e. The van der Waals surface area contributed by atoms with Crippen molar-refractivity contribution in [3.05, 3.63) is 47.3 Å². The molecular formula is C14H10F3N3O. The third-order valence-electron chi connectivity index (χ3n) is 2.54. The summed E-state index contributed by atoms with van der Waals surface area (Å²) >= 11 is 0. The largest absolute Gasteiger partial charge is 0.435 e. The van der Waals surface area contributed by atoms with Crippen molar-refractivity contribution in [2.24, 2.45) is 0 Å². The smallest absolute Gasteiger partial charge is 0.258 e. The Labute approximate surface area is 118 Å². The van der Waals surface area contributed by atoms with Crippen molar-refractivity contribution in [3.8, 4) is 17.7 Å². The zero-order valence-corrected chi connectivity index (χ0v) is 11.0. The van der Waals surface area contributed by atoms with Gasteiger partial charge in [-0.2, -0.15) is 10.2 Å². The minimum Gasteiger partial charge on any atom is -0.435 e. The first-order chi connectivity index (χ1) is 10.1. The normalized spacial score (nSPS) is 10.0. The van der Waals surface area contributed by atoms with Crippen LogP contribution in [0, 0.1) is 28.8 Å². The molecule has 0 saturated carbocycles. The molecule has 0 fully saturated rings. The average molecular weight is 293 g/mol. The SMILES string of the molecule is CCNc1nc(Oc2cccc(F)c2C#N)c(F)cc1F. The second kappa shape index (κ2) is 6.13. The summed E-state index contributed by atoms with van der Waals surface area (Å²) < 4.78 is 45.6. The zero-order chi connectivity index (χ0) is 15.4. The lowest BCUT2D eigenvalue weighted by Crippen LogP contribution is -2.05. The monoisotopic (exact) mass is 293 g/mol. The molecule has 21 heavy (non-hydrogen) atoms. The van der Waals surface area contributed by atoms with E-state index in [-0.39, 0.29) is 17.1 Å². The summed E-state index contributed by atoms with van der Waals surface area (Å²) in [6.45, 7) is 2.09. The van der Waals surface area contributed by atoms with Crippen molar-refractivity contribution in [2.75, 3.05) is 11.9 Å². The number of nitrogens with one attached hydrogen (secondary N) is 1. The summed E-state index contributed by atoms with van der Waals surface area (Å²) in [7, 11) is 0. The van der Waals surface area contributed by atoms with E-state index in [4.69, 9.17) is 10.00 Å². The van der Waals surface area contributed by atoms with Crippen molar-refractivity contribution in [2.45, 2.75) is 6.92 Å². The van der Waals surface area contributed by atoms with Crippen LogP contribution in [-0.2, 0) is 0 Å². The van der Waals surface area contributed by atoms with Crippen LogP contribution in [0.5, 0.6) is 11.6 Å². The van der Waals surface area contributed by atoms with Crippen LogP contribution in [-0.4, -0.2) is 11.5 Å². The van der Waals surface area contributed by atoms with Crippen molar-refractivity contribution in [1.82, 2.24) is 4.98 Å². The van der Waals surface area contributed by atoms with E-state index >= 15 is 0 Å². The third kappa shape index (κ3) is 3.05. The van der Waals surface area contributed by atoms with Gasteiger partial charge in [-0.05, 0) is 19.1 Å². The van der Waals surface area contributed by atoms with Crippen molar-refractivity contribution in [1.29, 1.82) is 5.26 Å². The molecule has 0 aliphatic carbocycles.